The molecule has 0 aliphatic heterocycles. The lowest BCUT2D eigenvalue weighted by Crippen LogP contribution is -2.50. The van der Waals surface area contributed by atoms with Crippen molar-refractivity contribution >= 4 is 5.97 Å². The molecule has 1 fully saturated rings. The van der Waals surface area contributed by atoms with Crippen LogP contribution in [-0.2, 0) is 11.2 Å². The second kappa shape index (κ2) is 6.72. The van der Waals surface area contributed by atoms with Gasteiger partial charge in [-0.25, -0.2) is 0 Å². The predicted octanol–water partition coefficient (Wildman–Crippen LogP) is 1.28. The summed E-state index contributed by atoms with van der Waals surface area (Å²) in [6.45, 7) is 0. The smallest absolute Gasteiger partial charge is 0.321 e. The zero-order chi connectivity index (χ0) is 14.5. The average Bonchev–Trinajstić information content (AvgIpc) is 2.42. The number of benzene rings is 1. The van der Waals surface area contributed by atoms with E-state index in [0.29, 0.717) is 6.42 Å². The first-order valence-corrected chi connectivity index (χ1v) is 7.01. The van der Waals surface area contributed by atoms with Gasteiger partial charge in [-0.15, -0.1) is 0 Å². The molecule has 0 amide bonds. The van der Waals surface area contributed by atoms with Gasteiger partial charge in [0.05, 0.1) is 6.10 Å². The minimum absolute atomic E-state index is 0.151. The molecule has 0 bridgehead atoms. The van der Waals surface area contributed by atoms with Crippen molar-refractivity contribution < 1.29 is 20.1 Å². The summed E-state index contributed by atoms with van der Waals surface area (Å²) in [5.74, 6) is -0.757. The lowest BCUT2D eigenvalue weighted by molar-refractivity contribution is -0.140. The molecular weight excluding hydrogens is 258 g/mol. The third kappa shape index (κ3) is 3.95. The fraction of sp³-hybridized carbons (Fsp3) is 0.533. The minimum atomic E-state index is -0.921. The highest BCUT2D eigenvalue weighted by atomic mass is 16.4. The number of carboxylic acid groups (broad SMARTS) is 1. The summed E-state index contributed by atoms with van der Waals surface area (Å²) in [6, 6.07) is 5.64. The Bertz CT molecular complexity index is 446. The van der Waals surface area contributed by atoms with E-state index in [-0.39, 0.29) is 11.8 Å². The van der Waals surface area contributed by atoms with Crippen molar-refractivity contribution in [3.8, 4) is 5.75 Å². The zero-order valence-corrected chi connectivity index (χ0v) is 11.3. The molecule has 1 aromatic rings. The van der Waals surface area contributed by atoms with Crippen molar-refractivity contribution in [1.29, 1.82) is 0 Å². The van der Waals surface area contributed by atoms with Crippen LogP contribution in [0.4, 0.5) is 0 Å². The summed E-state index contributed by atoms with van der Waals surface area (Å²) in [7, 11) is 0. The Morgan fingerprint density at radius 3 is 2.50 bits per heavy atom. The highest BCUT2D eigenvalue weighted by Crippen LogP contribution is 2.19. The fourth-order valence-corrected chi connectivity index (χ4v) is 2.65. The van der Waals surface area contributed by atoms with E-state index < -0.39 is 18.1 Å². The van der Waals surface area contributed by atoms with Crippen molar-refractivity contribution in [2.24, 2.45) is 0 Å². The van der Waals surface area contributed by atoms with Gasteiger partial charge < -0.3 is 15.3 Å². The van der Waals surface area contributed by atoms with Crippen molar-refractivity contribution in [3.05, 3.63) is 29.8 Å². The number of phenols is 1. The van der Waals surface area contributed by atoms with E-state index in [1.807, 2.05) is 0 Å². The third-order valence-electron chi connectivity index (χ3n) is 3.82. The highest BCUT2D eigenvalue weighted by molar-refractivity contribution is 5.74. The maximum absolute atomic E-state index is 11.4. The van der Waals surface area contributed by atoms with Gasteiger partial charge in [0.25, 0.3) is 0 Å². The van der Waals surface area contributed by atoms with Crippen molar-refractivity contribution in [2.45, 2.75) is 50.3 Å². The average molecular weight is 279 g/mol. The standard InChI is InChI=1S/C15H21NO4/c17-11-7-5-10(6-8-11)9-13(15(19)20)16-12-3-1-2-4-14(12)18/h5-8,12-14,16-18H,1-4,9H2,(H,19,20)/t12-,13-,14-/m0/s1. The number of carbonyl (C=O) groups is 1. The second-order valence-electron chi connectivity index (χ2n) is 5.39. The Morgan fingerprint density at radius 2 is 1.90 bits per heavy atom. The fourth-order valence-electron chi connectivity index (χ4n) is 2.65. The Kier molecular flexibility index (Phi) is 4.98. The van der Waals surface area contributed by atoms with E-state index in [1.165, 1.54) is 0 Å². The number of nitrogens with one attached hydrogen (secondary N) is 1. The molecular formula is C15H21NO4. The summed E-state index contributed by atoms with van der Waals surface area (Å²) in [4.78, 5) is 11.4. The van der Waals surface area contributed by atoms with E-state index in [9.17, 15) is 20.1 Å². The summed E-state index contributed by atoms with van der Waals surface area (Å²) in [5.41, 5.74) is 0.841. The monoisotopic (exact) mass is 279 g/mol. The van der Waals surface area contributed by atoms with Crippen LogP contribution in [0.15, 0.2) is 24.3 Å². The van der Waals surface area contributed by atoms with Gasteiger partial charge in [-0.2, -0.15) is 0 Å². The van der Waals surface area contributed by atoms with Gasteiger partial charge in [0.15, 0.2) is 0 Å². The molecule has 0 unspecified atom stereocenters. The number of aliphatic carboxylic acids is 1. The molecule has 110 valence electrons. The first-order valence-electron chi connectivity index (χ1n) is 7.01. The number of hydrogen-bond donors (Lipinski definition) is 4. The van der Waals surface area contributed by atoms with Crippen molar-refractivity contribution in [2.75, 3.05) is 0 Å². The molecule has 0 spiro atoms. The molecule has 0 saturated heterocycles. The number of aromatic hydroxyl groups is 1. The quantitative estimate of drug-likeness (QED) is 0.652. The van der Waals surface area contributed by atoms with Crippen LogP contribution in [0.2, 0.25) is 0 Å². The zero-order valence-electron chi connectivity index (χ0n) is 11.3. The number of aliphatic hydroxyl groups is 1. The number of aliphatic hydroxyl groups excluding tert-OH is 1. The van der Waals surface area contributed by atoms with Crippen LogP contribution >= 0.6 is 0 Å². The molecule has 1 aliphatic rings. The topological polar surface area (TPSA) is 89.8 Å². The first kappa shape index (κ1) is 14.8. The molecule has 0 radical (unpaired) electrons. The number of carboxylic acids is 1. The molecule has 20 heavy (non-hydrogen) atoms. The largest absolute Gasteiger partial charge is 0.508 e. The molecule has 5 nitrogen and oxygen atoms in total. The molecule has 2 rings (SSSR count). The van der Waals surface area contributed by atoms with Gasteiger partial charge in [0, 0.05) is 6.04 Å². The van der Waals surface area contributed by atoms with E-state index in [0.717, 1.165) is 31.2 Å². The maximum Gasteiger partial charge on any atom is 0.321 e. The van der Waals surface area contributed by atoms with Gasteiger partial charge in [0.1, 0.15) is 11.8 Å². The molecule has 1 saturated carbocycles. The predicted molar refractivity (Wildman–Crippen MR) is 74.6 cm³/mol. The summed E-state index contributed by atoms with van der Waals surface area (Å²) in [5, 5.41) is 31.5. The Balaban J connectivity index is 1.99. The third-order valence-corrected chi connectivity index (χ3v) is 3.82. The van der Waals surface area contributed by atoms with Crippen molar-refractivity contribution in [3.63, 3.8) is 0 Å². The van der Waals surface area contributed by atoms with Crippen molar-refractivity contribution in [1.82, 2.24) is 5.32 Å². The molecule has 1 aromatic carbocycles. The van der Waals surface area contributed by atoms with E-state index in [2.05, 4.69) is 5.32 Å². The summed E-state index contributed by atoms with van der Waals surface area (Å²) < 4.78 is 0. The van der Waals surface area contributed by atoms with Gasteiger partial charge in [-0.05, 0) is 37.0 Å². The molecule has 1 aliphatic carbocycles. The molecule has 4 N–H and O–H groups in total. The Labute approximate surface area is 118 Å². The van der Waals surface area contributed by atoms with Crippen LogP contribution in [0.25, 0.3) is 0 Å². The second-order valence-corrected chi connectivity index (χ2v) is 5.39. The number of rotatable bonds is 5. The lowest BCUT2D eigenvalue weighted by Gasteiger charge is -2.31. The Hall–Kier alpha value is -1.59. The van der Waals surface area contributed by atoms with Gasteiger partial charge in [-0.3, -0.25) is 10.1 Å². The van der Waals surface area contributed by atoms with Gasteiger partial charge in [0.2, 0.25) is 0 Å². The van der Waals surface area contributed by atoms with Gasteiger partial charge >= 0.3 is 5.97 Å². The summed E-state index contributed by atoms with van der Waals surface area (Å²) in [6.07, 6.45) is 3.41. The van der Waals surface area contributed by atoms with Gasteiger partial charge in [-0.1, -0.05) is 25.0 Å². The van der Waals surface area contributed by atoms with Crippen LogP contribution in [0.1, 0.15) is 31.2 Å². The molecule has 3 atom stereocenters. The number of phenolic OH excluding ortho intramolecular Hbond substituents is 1. The van der Waals surface area contributed by atoms with Crippen LogP contribution < -0.4 is 5.32 Å². The van der Waals surface area contributed by atoms with Crippen LogP contribution in [0, 0.1) is 0 Å². The normalized spacial score (nSPS) is 24.2. The first-order chi connectivity index (χ1) is 9.56. The summed E-state index contributed by atoms with van der Waals surface area (Å²) >= 11 is 0. The molecule has 0 aromatic heterocycles. The van der Waals surface area contributed by atoms with E-state index in [4.69, 9.17) is 0 Å². The van der Waals surface area contributed by atoms with E-state index >= 15 is 0 Å². The molecule has 5 heteroatoms. The lowest BCUT2D eigenvalue weighted by atomic mass is 9.91. The minimum Gasteiger partial charge on any atom is -0.508 e. The molecule has 0 heterocycles. The van der Waals surface area contributed by atoms with Crippen LogP contribution in [-0.4, -0.2) is 39.5 Å². The van der Waals surface area contributed by atoms with Crippen LogP contribution in [0.3, 0.4) is 0 Å². The number of hydrogen-bond acceptors (Lipinski definition) is 4. The maximum atomic E-state index is 11.4. The highest BCUT2D eigenvalue weighted by Gasteiger charge is 2.28. The SMILES string of the molecule is O=C(O)[C@H](Cc1ccc(O)cc1)N[C@H]1CCCC[C@@H]1O. The Morgan fingerprint density at radius 1 is 1.25 bits per heavy atom. The van der Waals surface area contributed by atoms with Crippen LogP contribution in [0.5, 0.6) is 5.75 Å². The van der Waals surface area contributed by atoms with E-state index in [1.54, 1.807) is 24.3 Å².